The van der Waals surface area contributed by atoms with Crippen LogP contribution in [0.25, 0.3) is 5.69 Å². The number of benzene rings is 1. The van der Waals surface area contributed by atoms with E-state index in [4.69, 9.17) is 4.74 Å². The second-order valence-corrected chi connectivity index (χ2v) is 6.65. The van der Waals surface area contributed by atoms with Crippen LogP contribution in [0.2, 0.25) is 0 Å². The molecule has 1 fully saturated rings. The zero-order valence-electron chi connectivity index (χ0n) is 15.2. The number of carbonyl (C=O) groups excluding carboxylic acids is 1. The molecule has 1 aliphatic rings. The Morgan fingerprint density at radius 3 is 2.68 bits per heavy atom. The summed E-state index contributed by atoms with van der Waals surface area (Å²) in [5, 5.41) is 11.6. The molecule has 1 saturated heterocycles. The molecule has 1 aromatic carbocycles. The molecule has 0 radical (unpaired) electrons. The number of amides is 1. The van der Waals surface area contributed by atoms with E-state index in [0.29, 0.717) is 12.2 Å². The van der Waals surface area contributed by atoms with E-state index in [1.807, 2.05) is 56.9 Å². The minimum Gasteiger partial charge on any atom is -0.491 e. The summed E-state index contributed by atoms with van der Waals surface area (Å²) in [6.07, 6.45) is 0.129. The Bertz CT molecular complexity index is 738. The molecule has 1 unspecified atom stereocenters. The third kappa shape index (κ3) is 3.66. The maximum absolute atomic E-state index is 12.8. The first-order valence-electron chi connectivity index (χ1n) is 8.68. The van der Waals surface area contributed by atoms with Crippen LogP contribution in [0.4, 0.5) is 0 Å². The summed E-state index contributed by atoms with van der Waals surface area (Å²) in [6.45, 7) is 10.2. The highest BCUT2D eigenvalue weighted by Gasteiger charge is 2.28. The third-order valence-electron chi connectivity index (χ3n) is 4.31. The molecule has 0 saturated carbocycles. The van der Waals surface area contributed by atoms with E-state index in [2.05, 4.69) is 15.6 Å². The van der Waals surface area contributed by atoms with Gasteiger partial charge in [-0.05, 0) is 52.0 Å². The van der Waals surface area contributed by atoms with Gasteiger partial charge < -0.3 is 15.0 Å². The highest BCUT2D eigenvalue weighted by atomic mass is 16.5. The Balaban J connectivity index is 1.82. The lowest BCUT2D eigenvalue weighted by atomic mass is 10.2. The normalized spacial score (nSPS) is 17.8. The van der Waals surface area contributed by atoms with Gasteiger partial charge >= 0.3 is 0 Å². The van der Waals surface area contributed by atoms with Crippen LogP contribution in [0.1, 0.15) is 37.0 Å². The van der Waals surface area contributed by atoms with E-state index in [0.717, 1.165) is 30.2 Å². The number of piperazine rings is 1. The molecule has 1 atom stereocenters. The van der Waals surface area contributed by atoms with Crippen LogP contribution in [0.15, 0.2) is 24.3 Å². The number of hydrogen-bond acceptors (Lipinski definition) is 5. The Morgan fingerprint density at radius 1 is 1.32 bits per heavy atom. The number of nitrogens with one attached hydrogen (secondary N) is 1. The molecule has 1 aliphatic heterocycles. The van der Waals surface area contributed by atoms with E-state index < -0.39 is 0 Å². The van der Waals surface area contributed by atoms with Crippen molar-refractivity contribution in [2.24, 2.45) is 0 Å². The summed E-state index contributed by atoms with van der Waals surface area (Å²) in [7, 11) is 0. The number of carbonyl (C=O) groups is 1. The van der Waals surface area contributed by atoms with E-state index in [1.54, 1.807) is 4.68 Å². The Hall–Kier alpha value is -2.41. The minimum atomic E-state index is -0.0579. The molecule has 3 rings (SSSR count). The van der Waals surface area contributed by atoms with Crippen molar-refractivity contribution in [3.05, 3.63) is 35.7 Å². The van der Waals surface area contributed by atoms with Crippen LogP contribution in [0, 0.1) is 6.92 Å². The Kier molecular flexibility index (Phi) is 5.03. The summed E-state index contributed by atoms with van der Waals surface area (Å²) < 4.78 is 7.35. The molecule has 2 aromatic rings. The van der Waals surface area contributed by atoms with Crippen LogP contribution in [-0.2, 0) is 0 Å². The highest BCUT2D eigenvalue weighted by molar-refractivity contribution is 5.93. The molecule has 1 N–H and O–H groups in total. The van der Waals surface area contributed by atoms with Gasteiger partial charge in [-0.2, -0.15) is 0 Å². The van der Waals surface area contributed by atoms with Crippen molar-refractivity contribution < 1.29 is 9.53 Å². The molecule has 2 heterocycles. The average Bonchev–Trinajstić information content (AvgIpc) is 2.96. The number of rotatable bonds is 4. The molecule has 0 aliphatic carbocycles. The number of aromatic nitrogens is 3. The van der Waals surface area contributed by atoms with E-state index >= 15 is 0 Å². The SMILES string of the molecule is Cc1c(C(=O)N2CCNCC2C)nnn1-c1ccc(OC(C)C)cc1. The van der Waals surface area contributed by atoms with Crippen molar-refractivity contribution in [3.8, 4) is 11.4 Å². The van der Waals surface area contributed by atoms with E-state index in [9.17, 15) is 4.79 Å². The van der Waals surface area contributed by atoms with Crippen LogP contribution in [0.5, 0.6) is 5.75 Å². The van der Waals surface area contributed by atoms with Crippen molar-refractivity contribution in [1.82, 2.24) is 25.2 Å². The molecule has 134 valence electrons. The second kappa shape index (κ2) is 7.23. The van der Waals surface area contributed by atoms with Crippen molar-refractivity contribution in [2.45, 2.75) is 39.8 Å². The number of hydrogen-bond donors (Lipinski definition) is 1. The third-order valence-corrected chi connectivity index (χ3v) is 4.31. The smallest absolute Gasteiger partial charge is 0.276 e. The average molecular weight is 343 g/mol. The Morgan fingerprint density at radius 2 is 2.04 bits per heavy atom. The highest BCUT2D eigenvalue weighted by Crippen LogP contribution is 2.19. The second-order valence-electron chi connectivity index (χ2n) is 6.65. The fraction of sp³-hybridized carbons (Fsp3) is 0.500. The molecule has 7 heteroatoms. The predicted octanol–water partition coefficient (Wildman–Crippen LogP) is 1.80. The quantitative estimate of drug-likeness (QED) is 0.916. The number of ether oxygens (including phenoxy) is 1. The van der Waals surface area contributed by atoms with Gasteiger partial charge in [-0.3, -0.25) is 4.79 Å². The fourth-order valence-electron chi connectivity index (χ4n) is 2.99. The monoisotopic (exact) mass is 343 g/mol. The van der Waals surface area contributed by atoms with Crippen LogP contribution in [0.3, 0.4) is 0 Å². The van der Waals surface area contributed by atoms with Gasteiger partial charge in [-0.1, -0.05) is 5.21 Å². The van der Waals surface area contributed by atoms with Crippen LogP contribution >= 0.6 is 0 Å². The molecule has 0 spiro atoms. The zero-order chi connectivity index (χ0) is 18.0. The van der Waals surface area contributed by atoms with Gasteiger partial charge in [0.25, 0.3) is 5.91 Å². The Labute approximate surface area is 148 Å². The van der Waals surface area contributed by atoms with Crippen molar-refractivity contribution in [2.75, 3.05) is 19.6 Å². The van der Waals surface area contributed by atoms with Crippen LogP contribution in [-0.4, -0.2) is 57.6 Å². The molecule has 1 amide bonds. The van der Waals surface area contributed by atoms with Gasteiger partial charge in [0.15, 0.2) is 5.69 Å². The summed E-state index contributed by atoms with van der Waals surface area (Å²) in [6, 6.07) is 7.78. The first kappa shape index (κ1) is 17.4. The molecule has 1 aromatic heterocycles. The summed E-state index contributed by atoms with van der Waals surface area (Å²) in [5.74, 6) is 0.750. The standard InChI is InChI=1S/C18H25N5O2/c1-12(2)25-16-7-5-15(6-8-16)23-14(4)17(20-21-23)18(24)22-10-9-19-11-13(22)3/h5-8,12-13,19H,9-11H2,1-4H3. The lowest BCUT2D eigenvalue weighted by molar-refractivity contribution is 0.0649. The van der Waals surface area contributed by atoms with Gasteiger partial charge in [0.2, 0.25) is 0 Å². The van der Waals surface area contributed by atoms with Crippen molar-refractivity contribution in [1.29, 1.82) is 0 Å². The maximum Gasteiger partial charge on any atom is 0.276 e. The molecule has 25 heavy (non-hydrogen) atoms. The molecule has 0 bridgehead atoms. The van der Waals surface area contributed by atoms with Crippen molar-refractivity contribution in [3.63, 3.8) is 0 Å². The lowest BCUT2D eigenvalue weighted by Gasteiger charge is -2.33. The van der Waals surface area contributed by atoms with Gasteiger partial charge in [0.1, 0.15) is 5.75 Å². The van der Waals surface area contributed by atoms with Crippen LogP contribution < -0.4 is 10.1 Å². The summed E-state index contributed by atoms with van der Waals surface area (Å²) in [4.78, 5) is 14.7. The topological polar surface area (TPSA) is 72.3 Å². The van der Waals surface area contributed by atoms with Gasteiger partial charge in [0.05, 0.1) is 17.5 Å². The van der Waals surface area contributed by atoms with Crippen molar-refractivity contribution >= 4 is 5.91 Å². The molecule has 7 nitrogen and oxygen atoms in total. The minimum absolute atomic E-state index is 0.0579. The molecular weight excluding hydrogens is 318 g/mol. The van der Waals surface area contributed by atoms with Gasteiger partial charge in [-0.15, -0.1) is 5.10 Å². The molecular formula is C18H25N5O2. The lowest BCUT2D eigenvalue weighted by Crippen LogP contribution is -2.52. The first-order valence-corrected chi connectivity index (χ1v) is 8.68. The maximum atomic E-state index is 12.8. The predicted molar refractivity (Wildman–Crippen MR) is 95.2 cm³/mol. The van der Waals surface area contributed by atoms with E-state index in [-0.39, 0.29) is 18.1 Å². The zero-order valence-corrected chi connectivity index (χ0v) is 15.2. The largest absolute Gasteiger partial charge is 0.491 e. The van der Waals surface area contributed by atoms with E-state index in [1.165, 1.54) is 0 Å². The van der Waals surface area contributed by atoms with Gasteiger partial charge in [-0.25, -0.2) is 4.68 Å². The fourth-order valence-corrected chi connectivity index (χ4v) is 2.99. The summed E-state index contributed by atoms with van der Waals surface area (Å²) >= 11 is 0. The number of nitrogens with zero attached hydrogens (tertiary/aromatic N) is 4. The summed E-state index contributed by atoms with van der Waals surface area (Å²) in [5.41, 5.74) is 2.01. The van der Waals surface area contributed by atoms with Gasteiger partial charge in [0, 0.05) is 25.7 Å². The first-order chi connectivity index (χ1) is 12.0.